The van der Waals surface area contributed by atoms with Crippen LogP contribution in [0.15, 0.2) is 53.1 Å². The van der Waals surface area contributed by atoms with Crippen LogP contribution in [0.2, 0.25) is 0 Å². The van der Waals surface area contributed by atoms with E-state index in [0.29, 0.717) is 12.4 Å². The van der Waals surface area contributed by atoms with E-state index in [-0.39, 0.29) is 24.1 Å². The average molecular weight is 430 g/mol. The standard InChI is InChI=1S/C23H24F2N2O4/c1-14(18-6-10-20(11-7-18)30-23(24)25)26-22(28)12-17-4-8-19(9-5-17)29-13-21-15(2)27-31-16(21)3/h4-11,14,23H,12-13H2,1-3H3,(H,26,28). The molecule has 2 aromatic carbocycles. The molecule has 0 saturated carbocycles. The first-order valence-electron chi connectivity index (χ1n) is 9.79. The monoisotopic (exact) mass is 430 g/mol. The maximum absolute atomic E-state index is 12.4. The number of halogens is 2. The molecule has 0 aliphatic rings. The zero-order valence-corrected chi connectivity index (χ0v) is 17.5. The van der Waals surface area contributed by atoms with Crippen molar-refractivity contribution in [1.82, 2.24) is 10.5 Å². The van der Waals surface area contributed by atoms with E-state index in [9.17, 15) is 13.6 Å². The summed E-state index contributed by atoms with van der Waals surface area (Å²) in [7, 11) is 0. The number of rotatable bonds is 9. The van der Waals surface area contributed by atoms with Gasteiger partial charge in [-0.25, -0.2) is 0 Å². The molecule has 0 radical (unpaired) electrons. The van der Waals surface area contributed by atoms with Gasteiger partial charge in [-0.15, -0.1) is 0 Å². The van der Waals surface area contributed by atoms with Crippen LogP contribution in [0.1, 0.15) is 41.1 Å². The summed E-state index contributed by atoms with van der Waals surface area (Å²) in [6.07, 6.45) is 0.209. The van der Waals surface area contributed by atoms with Gasteiger partial charge in [0.2, 0.25) is 5.91 Å². The van der Waals surface area contributed by atoms with Gasteiger partial charge in [0.1, 0.15) is 23.9 Å². The predicted molar refractivity (Wildman–Crippen MR) is 110 cm³/mol. The second-order valence-electron chi connectivity index (χ2n) is 7.15. The van der Waals surface area contributed by atoms with Crippen LogP contribution in [0.4, 0.5) is 8.78 Å². The molecule has 1 atom stereocenters. The number of hydrogen-bond acceptors (Lipinski definition) is 5. The largest absolute Gasteiger partial charge is 0.489 e. The fourth-order valence-corrected chi connectivity index (χ4v) is 3.07. The summed E-state index contributed by atoms with van der Waals surface area (Å²) in [6.45, 7) is 3.03. The third-order valence-electron chi connectivity index (χ3n) is 4.84. The number of aromatic nitrogens is 1. The van der Waals surface area contributed by atoms with Gasteiger partial charge >= 0.3 is 6.61 Å². The summed E-state index contributed by atoms with van der Waals surface area (Å²) in [4.78, 5) is 12.4. The Morgan fingerprint density at radius 2 is 1.71 bits per heavy atom. The van der Waals surface area contributed by atoms with Crippen LogP contribution < -0.4 is 14.8 Å². The molecule has 1 aromatic heterocycles. The first-order chi connectivity index (χ1) is 14.8. The van der Waals surface area contributed by atoms with Gasteiger partial charge in [-0.05, 0) is 56.2 Å². The lowest BCUT2D eigenvalue weighted by Crippen LogP contribution is -2.28. The van der Waals surface area contributed by atoms with Gasteiger partial charge in [0.25, 0.3) is 0 Å². The van der Waals surface area contributed by atoms with Crippen LogP contribution in [0, 0.1) is 13.8 Å². The Morgan fingerprint density at radius 3 is 2.29 bits per heavy atom. The van der Waals surface area contributed by atoms with E-state index in [1.54, 1.807) is 12.1 Å². The Hall–Kier alpha value is -3.42. The molecule has 0 aliphatic carbocycles. The van der Waals surface area contributed by atoms with Crippen molar-refractivity contribution in [1.29, 1.82) is 0 Å². The second-order valence-corrected chi connectivity index (χ2v) is 7.15. The highest BCUT2D eigenvalue weighted by molar-refractivity contribution is 5.79. The van der Waals surface area contributed by atoms with Crippen molar-refractivity contribution in [3.8, 4) is 11.5 Å². The normalized spacial score (nSPS) is 11.9. The summed E-state index contributed by atoms with van der Waals surface area (Å²) in [6, 6.07) is 13.2. The Kier molecular flexibility index (Phi) is 7.23. The highest BCUT2D eigenvalue weighted by Gasteiger charge is 2.12. The number of amides is 1. The second kappa shape index (κ2) is 10.1. The minimum absolute atomic E-state index is 0.0777. The SMILES string of the molecule is Cc1noc(C)c1COc1ccc(CC(=O)NC(C)c2ccc(OC(F)F)cc2)cc1. The van der Waals surface area contributed by atoms with E-state index in [0.717, 1.165) is 28.1 Å². The lowest BCUT2D eigenvalue weighted by molar-refractivity contribution is -0.121. The number of aryl methyl sites for hydroxylation is 2. The average Bonchev–Trinajstić information content (AvgIpc) is 3.05. The molecular formula is C23H24F2N2O4. The molecule has 0 spiro atoms. The first-order valence-corrected chi connectivity index (χ1v) is 9.79. The Labute approximate surface area is 179 Å². The fraction of sp³-hybridized carbons (Fsp3) is 0.304. The third kappa shape index (κ3) is 6.28. The molecule has 1 N–H and O–H groups in total. The number of nitrogens with one attached hydrogen (secondary N) is 1. The number of hydrogen-bond donors (Lipinski definition) is 1. The maximum Gasteiger partial charge on any atom is 0.387 e. The minimum Gasteiger partial charge on any atom is -0.489 e. The van der Waals surface area contributed by atoms with Gasteiger partial charge in [0.05, 0.1) is 23.7 Å². The van der Waals surface area contributed by atoms with Gasteiger partial charge in [-0.2, -0.15) is 8.78 Å². The molecule has 1 heterocycles. The third-order valence-corrected chi connectivity index (χ3v) is 4.84. The number of nitrogens with zero attached hydrogens (tertiary/aromatic N) is 1. The van der Waals surface area contributed by atoms with Crippen molar-refractivity contribution >= 4 is 5.91 Å². The van der Waals surface area contributed by atoms with E-state index < -0.39 is 6.61 Å². The van der Waals surface area contributed by atoms with Crippen LogP contribution in [0.25, 0.3) is 0 Å². The number of benzene rings is 2. The molecule has 6 nitrogen and oxygen atoms in total. The van der Waals surface area contributed by atoms with Crippen LogP contribution in [0.3, 0.4) is 0 Å². The van der Waals surface area contributed by atoms with E-state index in [4.69, 9.17) is 9.26 Å². The predicted octanol–water partition coefficient (Wildman–Crippen LogP) is 4.89. The van der Waals surface area contributed by atoms with Crippen molar-refractivity contribution in [3.05, 3.63) is 76.7 Å². The van der Waals surface area contributed by atoms with Crippen molar-refractivity contribution in [2.75, 3.05) is 0 Å². The lowest BCUT2D eigenvalue weighted by Gasteiger charge is -2.15. The summed E-state index contributed by atoms with van der Waals surface area (Å²) in [5, 5.41) is 6.80. The van der Waals surface area contributed by atoms with Gasteiger partial charge in [0, 0.05) is 0 Å². The first kappa shape index (κ1) is 22.3. The van der Waals surface area contributed by atoms with Crippen LogP contribution >= 0.6 is 0 Å². The smallest absolute Gasteiger partial charge is 0.387 e. The summed E-state index contributed by atoms with van der Waals surface area (Å²) < 4.78 is 39.7. The molecule has 164 valence electrons. The molecule has 0 bridgehead atoms. The molecule has 3 rings (SSSR count). The molecule has 0 aliphatic heterocycles. The molecule has 1 amide bonds. The molecule has 31 heavy (non-hydrogen) atoms. The molecule has 1 unspecified atom stereocenters. The number of carbonyl (C=O) groups is 1. The van der Waals surface area contributed by atoms with Crippen LogP contribution in [0.5, 0.6) is 11.5 Å². The highest BCUT2D eigenvalue weighted by atomic mass is 19.3. The van der Waals surface area contributed by atoms with Crippen LogP contribution in [-0.2, 0) is 17.8 Å². The molecule has 3 aromatic rings. The Morgan fingerprint density at radius 1 is 1.06 bits per heavy atom. The van der Waals surface area contributed by atoms with Gasteiger partial charge in [-0.3, -0.25) is 4.79 Å². The molecule has 0 saturated heterocycles. The van der Waals surface area contributed by atoms with Crippen molar-refractivity contribution < 1.29 is 27.6 Å². The van der Waals surface area contributed by atoms with Crippen molar-refractivity contribution in [2.45, 2.75) is 46.5 Å². The van der Waals surface area contributed by atoms with Crippen molar-refractivity contribution in [2.24, 2.45) is 0 Å². The summed E-state index contributed by atoms with van der Waals surface area (Å²) >= 11 is 0. The van der Waals surface area contributed by atoms with Crippen LogP contribution in [-0.4, -0.2) is 17.7 Å². The Balaban J connectivity index is 1.49. The summed E-state index contributed by atoms with van der Waals surface area (Å²) in [5.74, 6) is 1.35. The van der Waals surface area contributed by atoms with E-state index in [1.165, 1.54) is 12.1 Å². The fourth-order valence-electron chi connectivity index (χ4n) is 3.07. The minimum atomic E-state index is -2.87. The van der Waals surface area contributed by atoms with Crippen molar-refractivity contribution in [3.63, 3.8) is 0 Å². The van der Waals surface area contributed by atoms with Gasteiger partial charge in [-0.1, -0.05) is 29.4 Å². The maximum atomic E-state index is 12.4. The molecular weight excluding hydrogens is 406 g/mol. The van der Waals surface area contributed by atoms with E-state index >= 15 is 0 Å². The quantitative estimate of drug-likeness (QED) is 0.523. The van der Waals surface area contributed by atoms with Gasteiger partial charge in [0.15, 0.2) is 0 Å². The zero-order chi connectivity index (χ0) is 22.4. The summed E-state index contributed by atoms with van der Waals surface area (Å²) in [5.41, 5.74) is 3.36. The number of alkyl halides is 2. The topological polar surface area (TPSA) is 73.6 Å². The lowest BCUT2D eigenvalue weighted by atomic mass is 10.1. The van der Waals surface area contributed by atoms with E-state index in [1.807, 2.05) is 45.0 Å². The van der Waals surface area contributed by atoms with Gasteiger partial charge < -0.3 is 19.3 Å². The number of ether oxygens (including phenoxy) is 2. The van der Waals surface area contributed by atoms with E-state index in [2.05, 4.69) is 15.2 Å². The molecule has 8 heteroatoms. The Bertz CT molecular complexity index is 982. The molecule has 0 fully saturated rings. The highest BCUT2D eigenvalue weighted by Crippen LogP contribution is 2.20. The zero-order valence-electron chi connectivity index (χ0n) is 17.5. The number of carbonyl (C=O) groups excluding carboxylic acids is 1.